The average Bonchev–Trinajstić information content (AvgIpc) is 2.35. The maximum Gasteiger partial charge on any atom is 0.673 e. The lowest BCUT2D eigenvalue weighted by Crippen LogP contribution is -2.63. The Morgan fingerprint density at radius 2 is 1.00 bits per heavy atom. The summed E-state index contributed by atoms with van der Waals surface area (Å²) in [4.78, 5) is 0. The van der Waals surface area contributed by atoms with Gasteiger partial charge in [0.25, 0.3) is 0 Å². The van der Waals surface area contributed by atoms with Gasteiger partial charge in [-0.1, -0.05) is 0 Å². The summed E-state index contributed by atoms with van der Waals surface area (Å²) in [6.45, 7) is 14.7. The number of rotatable bonds is 1. The lowest BCUT2D eigenvalue weighted by atomic mass is 10.1. The van der Waals surface area contributed by atoms with Crippen molar-refractivity contribution in [3.63, 3.8) is 0 Å². The topological polar surface area (TPSA) is 21.8 Å². The molecular formula is C13H28BF4N4P. The third-order valence-corrected chi connectivity index (χ3v) is 8.70. The standard InChI is InChI=1S/C13H28N4P.BF4/c1-13(2,3)14-18-15-7-4-8-16(18)10-6-12-17(18)11-5-9-15;2-1(3,4)5/h14H,4-12H2,1-3H3;/q+1;-1. The van der Waals surface area contributed by atoms with Crippen molar-refractivity contribution >= 4 is 15.1 Å². The molecule has 10 heteroatoms. The molecule has 3 heterocycles. The summed E-state index contributed by atoms with van der Waals surface area (Å²) in [6.07, 6.45) is 4.05. The van der Waals surface area contributed by atoms with Gasteiger partial charge in [0.05, 0.1) is 0 Å². The molecule has 0 saturated carbocycles. The zero-order chi connectivity index (χ0) is 17.3. The first-order valence-electron chi connectivity index (χ1n) is 8.34. The number of nitrogens with one attached hydrogen (secondary N) is 1. The largest absolute Gasteiger partial charge is 0.673 e. The molecule has 0 radical (unpaired) electrons. The van der Waals surface area contributed by atoms with Crippen LogP contribution in [0.2, 0.25) is 0 Å². The van der Waals surface area contributed by atoms with Gasteiger partial charge in [0.2, 0.25) is 0 Å². The number of hydrogen-bond donors (Lipinski definition) is 1. The van der Waals surface area contributed by atoms with Crippen molar-refractivity contribution in [2.75, 3.05) is 39.3 Å². The van der Waals surface area contributed by atoms with Crippen LogP contribution in [-0.2, 0) is 0 Å². The maximum absolute atomic E-state index is 9.75. The molecule has 3 aliphatic heterocycles. The normalized spacial score (nSPS) is 26.2. The zero-order valence-corrected chi connectivity index (χ0v) is 15.1. The van der Waals surface area contributed by atoms with Gasteiger partial charge >= 0.3 is 15.1 Å². The molecule has 3 aliphatic rings. The zero-order valence-electron chi connectivity index (χ0n) is 14.2. The van der Waals surface area contributed by atoms with Crippen molar-refractivity contribution < 1.29 is 17.3 Å². The molecule has 0 aromatic rings. The first-order chi connectivity index (χ1) is 10.5. The van der Waals surface area contributed by atoms with Crippen LogP contribution in [0.15, 0.2) is 0 Å². The number of nitrogens with zero attached hydrogens (tertiary/aromatic N) is 3. The van der Waals surface area contributed by atoms with Crippen LogP contribution < -0.4 is 5.09 Å². The second-order valence-electron chi connectivity index (χ2n) is 7.35. The van der Waals surface area contributed by atoms with Crippen LogP contribution in [0.4, 0.5) is 17.3 Å². The molecule has 3 saturated heterocycles. The predicted octanol–water partition coefficient (Wildman–Crippen LogP) is 3.47. The summed E-state index contributed by atoms with van der Waals surface area (Å²) in [5.74, 6) is 0. The van der Waals surface area contributed by atoms with Gasteiger partial charge in [0, 0.05) is 44.8 Å². The number of hydrogen-bond acceptors (Lipinski definition) is 4. The monoisotopic (exact) mass is 358 g/mol. The summed E-state index contributed by atoms with van der Waals surface area (Å²) in [5.41, 5.74) is 0.203. The molecular weight excluding hydrogens is 330 g/mol. The van der Waals surface area contributed by atoms with E-state index >= 15 is 0 Å². The van der Waals surface area contributed by atoms with Crippen molar-refractivity contribution in [2.24, 2.45) is 0 Å². The van der Waals surface area contributed by atoms with E-state index in [-0.39, 0.29) is 5.54 Å². The first-order valence-corrected chi connectivity index (χ1v) is 9.99. The maximum atomic E-state index is 9.75. The van der Waals surface area contributed by atoms with E-state index in [1.54, 1.807) is 0 Å². The summed E-state index contributed by atoms with van der Waals surface area (Å²) in [5, 5.41) is 4.06. The quantitative estimate of drug-likeness (QED) is 0.440. The summed E-state index contributed by atoms with van der Waals surface area (Å²) >= 11 is 0. The highest BCUT2D eigenvalue weighted by Gasteiger charge is 2.62. The van der Waals surface area contributed by atoms with E-state index in [1.165, 1.54) is 58.5 Å². The Morgan fingerprint density at radius 3 is 1.22 bits per heavy atom. The Kier molecular flexibility index (Phi) is 6.00. The summed E-state index contributed by atoms with van der Waals surface area (Å²) in [6, 6.07) is 0. The van der Waals surface area contributed by atoms with Crippen LogP contribution in [0.5, 0.6) is 0 Å². The lowest BCUT2D eigenvalue weighted by molar-refractivity contribution is 0.173. The van der Waals surface area contributed by atoms with Crippen molar-refractivity contribution in [3.05, 3.63) is 0 Å². The molecule has 0 atom stereocenters. The fourth-order valence-corrected chi connectivity index (χ4v) is 8.60. The smallest absolute Gasteiger partial charge is 0.418 e. The Balaban J connectivity index is 0.000000338. The van der Waals surface area contributed by atoms with Gasteiger partial charge in [0.15, 0.2) is 0 Å². The Morgan fingerprint density at radius 1 is 0.739 bits per heavy atom. The molecule has 3 rings (SSSR count). The van der Waals surface area contributed by atoms with Crippen LogP contribution in [0.25, 0.3) is 0 Å². The van der Waals surface area contributed by atoms with Crippen molar-refractivity contribution in [3.8, 4) is 0 Å². The highest BCUT2D eigenvalue weighted by atomic mass is 31.2. The van der Waals surface area contributed by atoms with Crippen LogP contribution >= 0.6 is 7.87 Å². The van der Waals surface area contributed by atoms with E-state index in [2.05, 4.69) is 39.9 Å². The molecule has 0 amide bonds. The molecule has 0 aromatic carbocycles. The van der Waals surface area contributed by atoms with Gasteiger partial charge in [-0.15, -0.1) is 19.1 Å². The fourth-order valence-electron chi connectivity index (χ4n) is 3.68. The third-order valence-electron chi connectivity index (χ3n) is 4.17. The van der Waals surface area contributed by atoms with Crippen LogP contribution in [0.1, 0.15) is 40.0 Å². The van der Waals surface area contributed by atoms with E-state index in [1.807, 2.05) is 0 Å². The summed E-state index contributed by atoms with van der Waals surface area (Å²) < 4.78 is 47.4. The van der Waals surface area contributed by atoms with Gasteiger partial charge < -0.3 is 17.3 Å². The molecule has 0 bridgehead atoms. The minimum absolute atomic E-state index is 0.203. The minimum atomic E-state index is -6.00. The van der Waals surface area contributed by atoms with Gasteiger partial charge in [-0.05, 0) is 40.0 Å². The van der Waals surface area contributed by atoms with Crippen molar-refractivity contribution in [2.45, 2.75) is 45.6 Å². The van der Waals surface area contributed by atoms with Crippen LogP contribution in [0, 0.1) is 0 Å². The van der Waals surface area contributed by atoms with E-state index in [0.717, 1.165) is 0 Å². The Labute approximate surface area is 137 Å². The van der Waals surface area contributed by atoms with Gasteiger partial charge in [-0.3, -0.25) is 0 Å². The van der Waals surface area contributed by atoms with Gasteiger partial charge in [-0.2, -0.15) is 0 Å². The van der Waals surface area contributed by atoms with Crippen molar-refractivity contribution in [1.82, 2.24) is 19.1 Å². The molecule has 136 valence electrons. The fraction of sp³-hybridized carbons (Fsp3) is 1.00. The second kappa shape index (κ2) is 7.12. The lowest BCUT2D eigenvalue weighted by Gasteiger charge is -2.56. The van der Waals surface area contributed by atoms with Crippen molar-refractivity contribution in [1.29, 1.82) is 0 Å². The Bertz CT molecular complexity index is 350. The molecule has 4 nitrogen and oxygen atoms in total. The van der Waals surface area contributed by atoms with E-state index < -0.39 is 15.1 Å². The first kappa shape index (κ1) is 19.4. The van der Waals surface area contributed by atoms with Crippen LogP contribution in [-0.4, -0.2) is 66.1 Å². The van der Waals surface area contributed by atoms with E-state index in [9.17, 15) is 17.3 Å². The second-order valence-corrected chi connectivity index (χ2v) is 10.4. The highest BCUT2D eigenvalue weighted by Crippen LogP contribution is 2.69. The molecule has 3 fully saturated rings. The third kappa shape index (κ3) is 5.02. The molecule has 0 aromatic heterocycles. The minimum Gasteiger partial charge on any atom is -0.418 e. The van der Waals surface area contributed by atoms with E-state index in [0.29, 0.717) is 0 Å². The summed E-state index contributed by atoms with van der Waals surface area (Å²) in [7, 11) is -7.38. The van der Waals surface area contributed by atoms with Crippen LogP contribution in [0.3, 0.4) is 0 Å². The highest BCUT2D eigenvalue weighted by molar-refractivity contribution is 7.67. The average molecular weight is 358 g/mol. The molecule has 23 heavy (non-hydrogen) atoms. The van der Waals surface area contributed by atoms with Gasteiger partial charge in [-0.25, -0.2) is 0 Å². The van der Waals surface area contributed by atoms with E-state index in [4.69, 9.17) is 0 Å². The molecule has 0 unspecified atom stereocenters. The molecule has 0 aliphatic carbocycles. The SMILES string of the molecule is CC(C)(C)N[P+]12N3CCCN1CCCN2CCC3.F[B-](F)(F)F. The number of halogens is 4. The Hall–Kier alpha value is 0.0549. The predicted molar refractivity (Wildman–Crippen MR) is 88.6 cm³/mol. The van der Waals surface area contributed by atoms with Gasteiger partial charge in [0.1, 0.15) is 0 Å². The molecule has 1 N–H and O–H groups in total. The molecule has 0 spiro atoms.